The summed E-state index contributed by atoms with van der Waals surface area (Å²) in [6.45, 7) is 0.668. The summed E-state index contributed by atoms with van der Waals surface area (Å²) in [6, 6.07) is 23.9. The van der Waals surface area contributed by atoms with Gasteiger partial charge in [-0.3, -0.25) is 5.01 Å². The molecule has 1 N–H and O–H groups in total. The molecule has 0 aliphatic carbocycles. The summed E-state index contributed by atoms with van der Waals surface area (Å²) in [5.74, 6) is 0.182. The van der Waals surface area contributed by atoms with E-state index in [0.29, 0.717) is 15.5 Å². The zero-order valence-corrected chi connectivity index (χ0v) is 16.5. The van der Waals surface area contributed by atoms with Crippen LogP contribution in [-0.4, -0.2) is 11.3 Å². The van der Waals surface area contributed by atoms with E-state index in [1.165, 1.54) is 5.56 Å². The van der Waals surface area contributed by atoms with Gasteiger partial charge in [0.05, 0.1) is 27.4 Å². The van der Waals surface area contributed by atoms with Crippen molar-refractivity contribution in [2.24, 2.45) is 5.10 Å². The molecule has 0 saturated heterocycles. The molecule has 0 saturated carbocycles. The van der Waals surface area contributed by atoms with Gasteiger partial charge in [-0.05, 0) is 67.3 Å². The Hall–Kier alpha value is -2.11. The number of hydrazone groups is 1. The summed E-state index contributed by atoms with van der Waals surface area (Å²) < 4.78 is 1.25. The van der Waals surface area contributed by atoms with Crippen molar-refractivity contribution in [3.63, 3.8) is 0 Å². The van der Waals surface area contributed by atoms with Gasteiger partial charge in [-0.2, -0.15) is 5.10 Å². The zero-order chi connectivity index (χ0) is 17.6. The van der Waals surface area contributed by atoms with Crippen LogP contribution < -0.4 is 5.01 Å². The molecular formula is C20H16Br2N2O. The Kier molecular flexibility index (Phi) is 5.89. The van der Waals surface area contributed by atoms with E-state index in [1.807, 2.05) is 65.7 Å². The predicted octanol–water partition coefficient (Wildman–Crippen LogP) is 5.96. The molecule has 3 nitrogen and oxygen atoms in total. The average molecular weight is 460 g/mol. The largest absolute Gasteiger partial charge is 0.506 e. The number of aromatic hydroxyl groups is 1. The molecule has 0 aromatic heterocycles. The fraction of sp³-hybridized carbons (Fsp3) is 0.0500. The van der Waals surface area contributed by atoms with E-state index in [1.54, 1.807) is 6.21 Å². The van der Waals surface area contributed by atoms with Gasteiger partial charge in [-0.1, -0.05) is 48.5 Å². The van der Waals surface area contributed by atoms with Gasteiger partial charge in [0.15, 0.2) is 0 Å². The highest BCUT2D eigenvalue weighted by Crippen LogP contribution is 2.33. The summed E-state index contributed by atoms with van der Waals surface area (Å²) in [5.41, 5.74) is 3.07. The Morgan fingerprint density at radius 3 is 2.04 bits per heavy atom. The van der Waals surface area contributed by atoms with Crippen LogP contribution in [0.1, 0.15) is 11.1 Å². The first-order chi connectivity index (χ1) is 12.1. The number of anilines is 1. The molecule has 3 rings (SSSR count). The standard InChI is InChI=1S/C20H16Br2N2O/c21-18-11-16(12-19(22)20(18)25)13-23-24(17-9-5-2-6-10-17)14-15-7-3-1-4-8-15/h1-13,25H,14H2. The molecule has 0 atom stereocenters. The van der Waals surface area contributed by atoms with E-state index in [4.69, 9.17) is 0 Å². The van der Waals surface area contributed by atoms with Gasteiger partial charge in [0.1, 0.15) is 5.75 Å². The minimum atomic E-state index is 0.182. The van der Waals surface area contributed by atoms with Crippen LogP contribution in [0.5, 0.6) is 5.75 Å². The maximum Gasteiger partial charge on any atom is 0.143 e. The summed E-state index contributed by atoms with van der Waals surface area (Å²) in [5, 5.41) is 16.4. The molecule has 0 radical (unpaired) electrons. The second kappa shape index (κ2) is 8.32. The maximum atomic E-state index is 9.83. The molecule has 0 bridgehead atoms. The Morgan fingerprint density at radius 2 is 1.44 bits per heavy atom. The minimum Gasteiger partial charge on any atom is -0.506 e. The molecule has 0 fully saturated rings. The van der Waals surface area contributed by atoms with Crippen LogP contribution in [-0.2, 0) is 6.54 Å². The molecule has 0 aliphatic rings. The second-order valence-corrected chi connectivity index (χ2v) is 7.17. The molecule has 5 heteroatoms. The van der Waals surface area contributed by atoms with Crippen LogP contribution in [0.3, 0.4) is 0 Å². The molecule has 0 heterocycles. The van der Waals surface area contributed by atoms with Crippen molar-refractivity contribution in [3.8, 4) is 5.75 Å². The number of benzene rings is 3. The fourth-order valence-corrected chi connectivity index (χ4v) is 3.57. The van der Waals surface area contributed by atoms with Crippen LogP contribution >= 0.6 is 31.9 Å². The van der Waals surface area contributed by atoms with Gasteiger partial charge in [-0.25, -0.2) is 0 Å². The van der Waals surface area contributed by atoms with Crippen LogP contribution in [0.15, 0.2) is 86.8 Å². The number of nitrogens with zero attached hydrogens (tertiary/aromatic N) is 2. The fourth-order valence-electron chi connectivity index (χ4n) is 2.35. The van der Waals surface area contributed by atoms with Crippen LogP contribution in [0.4, 0.5) is 5.69 Å². The van der Waals surface area contributed by atoms with Crippen molar-refractivity contribution in [3.05, 3.63) is 92.9 Å². The van der Waals surface area contributed by atoms with Gasteiger partial charge in [0.25, 0.3) is 0 Å². The third-order valence-corrected chi connectivity index (χ3v) is 4.82. The van der Waals surface area contributed by atoms with E-state index < -0.39 is 0 Å². The zero-order valence-electron chi connectivity index (χ0n) is 13.3. The quantitative estimate of drug-likeness (QED) is 0.377. The van der Waals surface area contributed by atoms with Gasteiger partial charge in [0.2, 0.25) is 0 Å². The first-order valence-electron chi connectivity index (χ1n) is 7.72. The minimum absolute atomic E-state index is 0.182. The Morgan fingerprint density at radius 1 is 0.880 bits per heavy atom. The lowest BCUT2D eigenvalue weighted by molar-refractivity contribution is 0.468. The van der Waals surface area contributed by atoms with E-state index in [0.717, 1.165) is 11.3 Å². The number of rotatable bonds is 5. The predicted molar refractivity (Wildman–Crippen MR) is 110 cm³/mol. The molecule has 25 heavy (non-hydrogen) atoms. The summed E-state index contributed by atoms with van der Waals surface area (Å²) in [7, 11) is 0. The smallest absolute Gasteiger partial charge is 0.143 e. The average Bonchev–Trinajstić information content (AvgIpc) is 2.64. The van der Waals surface area contributed by atoms with Crippen molar-refractivity contribution < 1.29 is 5.11 Å². The molecule has 3 aromatic rings. The number of hydrogen-bond acceptors (Lipinski definition) is 3. The molecule has 126 valence electrons. The third kappa shape index (κ3) is 4.71. The van der Waals surface area contributed by atoms with Crippen molar-refractivity contribution in [2.75, 3.05) is 5.01 Å². The summed E-state index contributed by atoms with van der Waals surface area (Å²) in [4.78, 5) is 0. The van der Waals surface area contributed by atoms with Gasteiger partial charge >= 0.3 is 0 Å². The molecule has 0 unspecified atom stereocenters. The summed E-state index contributed by atoms with van der Waals surface area (Å²) >= 11 is 6.69. The normalized spacial score (nSPS) is 11.0. The topological polar surface area (TPSA) is 35.8 Å². The summed E-state index contributed by atoms with van der Waals surface area (Å²) in [6.07, 6.45) is 1.78. The lowest BCUT2D eigenvalue weighted by atomic mass is 10.2. The van der Waals surface area contributed by atoms with Crippen LogP contribution in [0.25, 0.3) is 0 Å². The van der Waals surface area contributed by atoms with E-state index in [-0.39, 0.29) is 5.75 Å². The van der Waals surface area contributed by atoms with Crippen LogP contribution in [0, 0.1) is 0 Å². The van der Waals surface area contributed by atoms with E-state index in [2.05, 4.69) is 49.1 Å². The van der Waals surface area contributed by atoms with Crippen molar-refractivity contribution in [2.45, 2.75) is 6.54 Å². The molecule has 0 aliphatic heterocycles. The number of halogens is 2. The third-order valence-electron chi connectivity index (χ3n) is 3.61. The second-order valence-electron chi connectivity index (χ2n) is 5.46. The molecule has 0 amide bonds. The van der Waals surface area contributed by atoms with Gasteiger partial charge < -0.3 is 5.11 Å². The number of para-hydroxylation sites is 1. The lowest BCUT2D eigenvalue weighted by Gasteiger charge is -2.19. The molecule has 3 aromatic carbocycles. The van der Waals surface area contributed by atoms with E-state index >= 15 is 0 Å². The maximum absolute atomic E-state index is 9.83. The number of hydrogen-bond donors (Lipinski definition) is 1. The van der Waals surface area contributed by atoms with Crippen molar-refractivity contribution in [1.29, 1.82) is 0 Å². The van der Waals surface area contributed by atoms with E-state index in [9.17, 15) is 5.11 Å². The first-order valence-corrected chi connectivity index (χ1v) is 9.30. The molecule has 0 spiro atoms. The monoisotopic (exact) mass is 458 g/mol. The van der Waals surface area contributed by atoms with Crippen LogP contribution in [0.2, 0.25) is 0 Å². The Bertz CT molecular complexity index is 844. The molecular weight excluding hydrogens is 444 g/mol. The SMILES string of the molecule is Oc1c(Br)cc(C=NN(Cc2ccccc2)c2ccccc2)cc1Br. The Balaban J connectivity index is 1.89. The first kappa shape index (κ1) is 17.7. The highest BCUT2D eigenvalue weighted by Gasteiger charge is 2.07. The number of phenols is 1. The highest BCUT2D eigenvalue weighted by atomic mass is 79.9. The Labute approximate surface area is 163 Å². The van der Waals surface area contributed by atoms with Gasteiger partial charge in [-0.15, -0.1) is 0 Å². The van der Waals surface area contributed by atoms with Crippen molar-refractivity contribution in [1.82, 2.24) is 0 Å². The highest BCUT2D eigenvalue weighted by molar-refractivity contribution is 9.11. The van der Waals surface area contributed by atoms with Crippen molar-refractivity contribution >= 4 is 43.8 Å². The lowest BCUT2D eigenvalue weighted by Crippen LogP contribution is -2.16. The number of phenolic OH excluding ortho intramolecular Hbond substituents is 1. The van der Waals surface area contributed by atoms with Gasteiger partial charge in [0, 0.05) is 0 Å².